The Morgan fingerprint density at radius 3 is 2.54 bits per heavy atom. The lowest BCUT2D eigenvalue weighted by molar-refractivity contribution is -0.0498. The number of benzene rings is 1. The summed E-state index contributed by atoms with van der Waals surface area (Å²) >= 11 is 0. The van der Waals surface area contributed by atoms with Crippen molar-refractivity contribution in [3.63, 3.8) is 0 Å². The molecule has 0 unspecified atom stereocenters. The van der Waals surface area contributed by atoms with Crippen molar-refractivity contribution < 1.29 is 23.0 Å². The molecule has 0 aliphatic carbocycles. The van der Waals surface area contributed by atoms with Gasteiger partial charge in [0.05, 0.1) is 7.11 Å². The Morgan fingerprint density at radius 2 is 1.92 bits per heavy atom. The third-order valence-electron chi connectivity index (χ3n) is 3.04. The molecule has 2 N–H and O–H groups in total. The van der Waals surface area contributed by atoms with E-state index in [9.17, 15) is 13.6 Å². The van der Waals surface area contributed by atoms with Crippen molar-refractivity contribution in [2.24, 2.45) is 0 Å². The summed E-state index contributed by atoms with van der Waals surface area (Å²) in [6.07, 6.45) is 1.60. The van der Waals surface area contributed by atoms with Crippen molar-refractivity contribution in [3.05, 3.63) is 53.7 Å². The standard InChI is InChI=1S/C16H17F2N3O3/c1-23-14-6-5-12(9-19-14)10-21-16(22)20-8-11-3-2-4-13(7-11)24-15(17)18/h2-7,9,15H,8,10H2,1H3,(H2,20,21,22). The fraction of sp³-hybridized carbons (Fsp3) is 0.250. The van der Waals surface area contributed by atoms with E-state index in [1.165, 1.54) is 19.2 Å². The largest absolute Gasteiger partial charge is 0.481 e. The average molecular weight is 337 g/mol. The predicted molar refractivity (Wildman–Crippen MR) is 82.9 cm³/mol. The van der Waals surface area contributed by atoms with E-state index in [0.29, 0.717) is 18.0 Å². The Hall–Kier alpha value is -2.90. The van der Waals surface area contributed by atoms with Crippen LogP contribution in [0.2, 0.25) is 0 Å². The molecule has 0 saturated heterocycles. The van der Waals surface area contributed by atoms with Crippen LogP contribution in [0.15, 0.2) is 42.6 Å². The summed E-state index contributed by atoms with van der Waals surface area (Å²) in [7, 11) is 1.52. The van der Waals surface area contributed by atoms with Gasteiger partial charge in [0.2, 0.25) is 5.88 Å². The molecule has 0 aliphatic rings. The summed E-state index contributed by atoms with van der Waals surface area (Å²) in [6.45, 7) is -2.39. The van der Waals surface area contributed by atoms with Crippen LogP contribution < -0.4 is 20.1 Å². The lowest BCUT2D eigenvalue weighted by Crippen LogP contribution is -2.34. The van der Waals surface area contributed by atoms with Gasteiger partial charge in [-0.15, -0.1) is 0 Å². The van der Waals surface area contributed by atoms with Gasteiger partial charge in [0.15, 0.2) is 0 Å². The van der Waals surface area contributed by atoms with Crippen molar-refractivity contribution in [2.45, 2.75) is 19.7 Å². The monoisotopic (exact) mass is 337 g/mol. The summed E-state index contributed by atoms with van der Waals surface area (Å²) < 4.78 is 33.6. The number of urea groups is 1. The first-order valence-electron chi connectivity index (χ1n) is 7.11. The van der Waals surface area contributed by atoms with E-state index in [0.717, 1.165) is 5.56 Å². The van der Waals surface area contributed by atoms with Gasteiger partial charge in [-0.3, -0.25) is 0 Å². The molecule has 2 amide bonds. The van der Waals surface area contributed by atoms with Crippen LogP contribution in [0.1, 0.15) is 11.1 Å². The number of methoxy groups -OCH3 is 1. The topological polar surface area (TPSA) is 72.5 Å². The Kier molecular flexibility index (Phi) is 6.30. The van der Waals surface area contributed by atoms with E-state index in [1.54, 1.807) is 30.5 Å². The molecule has 0 aliphatic heterocycles. The molecule has 8 heteroatoms. The normalized spacial score (nSPS) is 10.3. The van der Waals surface area contributed by atoms with Gasteiger partial charge >= 0.3 is 12.6 Å². The second-order valence-corrected chi connectivity index (χ2v) is 4.77. The number of alkyl halides is 2. The molecular formula is C16H17F2N3O3. The van der Waals surface area contributed by atoms with Gasteiger partial charge in [0, 0.05) is 25.4 Å². The van der Waals surface area contributed by atoms with Gasteiger partial charge in [-0.1, -0.05) is 18.2 Å². The molecule has 1 heterocycles. The fourth-order valence-electron chi connectivity index (χ4n) is 1.90. The van der Waals surface area contributed by atoms with Gasteiger partial charge in [0.25, 0.3) is 0 Å². The summed E-state index contributed by atoms with van der Waals surface area (Å²) in [5.41, 5.74) is 1.47. The van der Waals surface area contributed by atoms with E-state index < -0.39 is 6.61 Å². The molecular weight excluding hydrogens is 320 g/mol. The summed E-state index contributed by atoms with van der Waals surface area (Å²) in [6, 6.07) is 9.25. The van der Waals surface area contributed by atoms with E-state index in [-0.39, 0.29) is 18.3 Å². The number of aromatic nitrogens is 1. The number of hydrogen-bond acceptors (Lipinski definition) is 4. The zero-order chi connectivity index (χ0) is 17.4. The molecule has 6 nitrogen and oxygen atoms in total. The highest BCUT2D eigenvalue weighted by Gasteiger charge is 2.06. The fourth-order valence-corrected chi connectivity index (χ4v) is 1.90. The van der Waals surface area contributed by atoms with E-state index in [1.807, 2.05) is 0 Å². The lowest BCUT2D eigenvalue weighted by atomic mass is 10.2. The van der Waals surface area contributed by atoms with E-state index in [4.69, 9.17) is 4.74 Å². The number of pyridine rings is 1. The second kappa shape index (κ2) is 8.66. The van der Waals surface area contributed by atoms with Gasteiger partial charge in [-0.2, -0.15) is 8.78 Å². The molecule has 2 rings (SSSR count). The smallest absolute Gasteiger partial charge is 0.387 e. The van der Waals surface area contributed by atoms with Crippen molar-refractivity contribution >= 4 is 6.03 Å². The maximum Gasteiger partial charge on any atom is 0.387 e. The molecule has 1 aromatic heterocycles. The van der Waals surface area contributed by atoms with Gasteiger partial charge < -0.3 is 20.1 Å². The number of carbonyl (C=O) groups is 1. The first kappa shape index (κ1) is 17.5. The summed E-state index contributed by atoms with van der Waals surface area (Å²) in [5, 5.41) is 5.31. The number of ether oxygens (including phenoxy) is 2. The van der Waals surface area contributed by atoms with Crippen LogP contribution in [-0.2, 0) is 13.1 Å². The highest BCUT2D eigenvalue weighted by Crippen LogP contribution is 2.15. The second-order valence-electron chi connectivity index (χ2n) is 4.77. The molecule has 0 bridgehead atoms. The maximum absolute atomic E-state index is 12.2. The van der Waals surface area contributed by atoms with E-state index >= 15 is 0 Å². The molecule has 128 valence electrons. The highest BCUT2D eigenvalue weighted by atomic mass is 19.3. The summed E-state index contributed by atoms with van der Waals surface area (Å²) in [4.78, 5) is 15.8. The maximum atomic E-state index is 12.2. The number of rotatable bonds is 7. The highest BCUT2D eigenvalue weighted by molar-refractivity contribution is 5.73. The molecule has 0 fully saturated rings. The number of hydrogen-bond donors (Lipinski definition) is 2. The third kappa shape index (κ3) is 5.71. The van der Waals surface area contributed by atoms with Crippen LogP contribution >= 0.6 is 0 Å². The van der Waals surface area contributed by atoms with Crippen molar-refractivity contribution in [1.82, 2.24) is 15.6 Å². The molecule has 0 spiro atoms. The van der Waals surface area contributed by atoms with Crippen LogP contribution in [0.25, 0.3) is 0 Å². The Balaban J connectivity index is 1.78. The number of halogens is 2. The van der Waals surface area contributed by atoms with Gasteiger partial charge in [-0.25, -0.2) is 9.78 Å². The molecule has 1 aromatic carbocycles. The molecule has 0 radical (unpaired) electrons. The minimum Gasteiger partial charge on any atom is -0.481 e. The Morgan fingerprint density at radius 1 is 1.17 bits per heavy atom. The Bertz CT molecular complexity index is 666. The van der Waals surface area contributed by atoms with Crippen LogP contribution in [0.3, 0.4) is 0 Å². The van der Waals surface area contributed by atoms with Crippen LogP contribution in [0.5, 0.6) is 11.6 Å². The average Bonchev–Trinajstić information content (AvgIpc) is 2.58. The first-order valence-corrected chi connectivity index (χ1v) is 7.11. The zero-order valence-electron chi connectivity index (χ0n) is 13.0. The van der Waals surface area contributed by atoms with Gasteiger partial charge in [-0.05, 0) is 23.3 Å². The number of carbonyl (C=O) groups excluding carboxylic acids is 1. The van der Waals surface area contributed by atoms with Gasteiger partial charge in [0.1, 0.15) is 5.75 Å². The minimum atomic E-state index is -2.88. The summed E-state index contributed by atoms with van der Waals surface area (Å²) in [5.74, 6) is 0.545. The number of nitrogens with one attached hydrogen (secondary N) is 2. The quantitative estimate of drug-likeness (QED) is 0.815. The SMILES string of the molecule is COc1ccc(CNC(=O)NCc2cccc(OC(F)F)c2)cn1. The third-order valence-corrected chi connectivity index (χ3v) is 3.04. The van der Waals surface area contributed by atoms with E-state index in [2.05, 4.69) is 20.4 Å². The Labute approximate surface area is 137 Å². The number of amides is 2. The number of nitrogens with zero attached hydrogens (tertiary/aromatic N) is 1. The predicted octanol–water partition coefficient (Wildman–Crippen LogP) is 2.69. The van der Waals surface area contributed by atoms with Crippen LogP contribution in [0, 0.1) is 0 Å². The minimum absolute atomic E-state index is 0.0500. The van der Waals surface area contributed by atoms with Crippen LogP contribution in [-0.4, -0.2) is 24.7 Å². The molecule has 0 saturated carbocycles. The van der Waals surface area contributed by atoms with Crippen LogP contribution in [0.4, 0.5) is 13.6 Å². The lowest BCUT2D eigenvalue weighted by Gasteiger charge is -2.09. The first-order chi connectivity index (χ1) is 11.6. The molecule has 2 aromatic rings. The van der Waals surface area contributed by atoms with Crippen molar-refractivity contribution in [3.8, 4) is 11.6 Å². The molecule has 24 heavy (non-hydrogen) atoms. The van der Waals surface area contributed by atoms with Crippen molar-refractivity contribution in [2.75, 3.05) is 7.11 Å². The molecule has 0 atom stereocenters. The van der Waals surface area contributed by atoms with Crippen molar-refractivity contribution in [1.29, 1.82) is 0 Å². The zero-order valence-corrected chi connectivity index (χ0v) is 13.0.